The number of hydrogen-bond acceptors (Lipinski definition) is 2. The second kappa shape index (κ2) is 3.49. The molecular weight excluding hydrogens is 176 g/mol. The molecule has 0 saturated carbocycles. The van der Waals surface area contributed by atoms with Gasteiger partial charge in [0.15, 0.2) is 6.29 Å². The van der Waals surface area contributed by atoms with Crippen molar-refractivity contribution >= 4 is 0 Å². The topological polar surface area (TPSA) is 18.5 Å². The van der Waals surface area contributed by atoms with Crippen LogP contribution >= 0.6 is 0 Å². The van der Waals surface area contributed by atoms with Gasteiger partial charge in [-0.3, -0.25) is 0 Å². The predicted molar refractivity (Wildman–Crippen MR) is 58.1 cm³/mol. The van der Waals surface area contributed by atoms with E-state index in [4.69, 9.17) is 9.47 Å². The van der Waals surface area contributed by atoms with E-state index < -0.39 is 0 Å². The molecular formula is C12H24O2. The lowest BCUT2D eigenvalue weighted by Gasteiger charge is -2.36. The maximum atomic E-state index is 5.84. The van der Waals surface area contributed by atoms with Crippen LogP contribution in [-0.2, 0) is 9.47 Å². The molecule has 1 fully saturated rings. The zero-order valence-corrected chi connectivity index (χ0v) is 10.5. The van der Waals surface area contributed by atoms with Gasteiger partial charge in [0.1, 0.15) is 0 Å². The zero-order valence-electron chi connectivity index (χ0n) is 10.5. The van der Waals surface area contributed by atoms with Crippen molar-refractivity contribution in [1.29, 1.82) is 0 Å². The van der Waals surface area contributed by atoms with E-state index in [1.165, 1.54) is 0 Å². The molecule has 1 rings (SSSR count). The van der Waals surface area contributed by atoms with Crippen LogP contribution in [0.2, 0.25) is 0 Å². The van der Waals surface area contributed by atoms with Crippen molar-refractivity contribution in [1.82, 2.24) is 0 Å². The summed E-state index contributed by atoms with van der Waals surface area (Å²) >= 11 is 0. The van der Waals surface area contributed by atoms with Crippen LogP contribution in [0.3, 0.4) is 0 Å². The van der Waals surface area contributed by atoms with Gasteiger partial charge in [-0.25, -0.2) is 0 Å². The summed E-state index contributed by atoms with van der Waals surface area (Å²) in [7, 11) is 0. The van der Waals surface area contributed by atoms with Gasteiger partial charge in [-0.15, -0.1) is 0 Å². The van der Waals surface area contributed by atoms with Crippen LogP contribution in [0.4, 0.5) is 0 Å². The highest BCUT2D eigenvalue weighted by molar-refractivity contribution is 4.92. The molecule has 1 aliphatic heterocycles. The minimum absolute atomic E-state index is 0.0662. The normalized spacial score (nSPS) is 31.1. The predicted octanol–water partition coefficient (Wildman–Crippen LogP) is 3.21. The number of ether oxygens (including phenoxy) is 2. The van der Waals surface area contributed by atoms with Gasteiger partial charge in [-0.1, -0.05) is 41.5 Å². The van der Waals surface area contributed by atoms with Gasteiger partial charge in [0.05, 0.1) is 12.2 Å². The van der Waals surface area contributed by atoms with Gasteiger partial charge in [0.2, 0.25) is 0 Å². The Morgan fingerprint density at radius 1 is 0.714 bits per heavy atom. The molecule has 2 nitrogen and oxygen atoms in total. The monoisotopic (exact) mass is 200 g/mol. The molecule has 0 aromatic heterocycles. The van der Waals surface area contributed by atoms with Crippen molar-refractivity contribution < 1.29 is 9.47 Å². The van der Waals surface area contributed by atoms with E-state index in [9.17, 15) is 0 Å². The van der Waals surface area contributed by atoms with E-state index in [-0.39, 0.29) is 29.3 Å². The van der Waals surface area contributed by atoms with Crippen molar-refractivity contribution in [3.05, 3.63) is 0 Å². The first-order chi connectivity index (χ1) is 6.12. The van der Waals surface area contributed by atoms with E-state index in [1.54, 1.807) is 0 Å². The van der Waals surface area contributed by atoms with Gasteiger partial charge < -0.3 is 9.47 Å². The fraction of sp³-hybridized carbons (Fsp3) is 1.00. The Kier molecular flexibility index (Phi) is 2.99. The van der Waals surface area contributed by atoms with Gasteiger partial charge in [-0.2, -0.15) is 0 Å². The standard InChI is InChI=1S/C12H24O2/c1-8-13-9(11(2,3)4)10(14-8)12(5,6)7/h8-10H,1-7H3/t9-,10-/m0/s1. The van der Waals surface area contributed by atoms with Crippen LogP contribution in [-0.4, -0.2) is 18.5 Å². The molecule has 2 atom stereocenters. The van der Waals surface area contributed by atoms with Crippen LogP contribution in [0.5, 0.6) is 0 Å². The summed E-state index contributed by atoms with van der Waals surface area (Å²) in [6.45, 7) is 15.2. The molecule has 0 amide bonds. The summed E-state index contributed by atoms with van der Waals surface area (Å²) in [6, 6.07) is 0. The molecule has 0 unspecified atom stereocenters. The third-order valence-corrected chi connectivity index (χ3v) is 2.66. The highest BCUT2D eigenvalue weighted by Gasteiger charge is 2.46. The van der Waals surface area contributed by atoms with E-state index in [0.29, 0.717) is 0 Å². The Hall–Kier alpha value is -0.0800. The highest BCUT2D eigenvalue weighted by Crippen LogP contribution is 2.40. The lowest BCUT2D eigenvalue weighted by Crippen LogP contribution is -2.42. The molecule has 1 saturated heterocycles. The Bertz CT molecular complexity index is 175. The summed E-state index contributed by atoms with van der Waals surface area (Å²) in [6.07, 6.45) is 0.318. The maximum Gasteiger partial charge on any atom is 0.155 e. The van der Waals surface area contributed by atoms with E-state index in [1.807, 2.05) is 6.92 Å². The lowest BCUT2D eigenvalue weighted by molar-refractivity contribution is -0.0701. The summed E-state index contributed by atoms with van der Waals surface area (Å²) in [5.41, 5.74) is 0.283. The first kappa shape index (κ1) is 12.0. The molecule has 84 valence electrons. The Morgan fingerprint density at radius 2 is 1.00 bits per heavy atom. The van der Waals surface area contributed by atoms with Gasteiger partial charge in [0.25, 0.3) is 0 Å². The minimum Gasteiger partial charge on any atom is -0.346 e. The SMILES string of the molecule is CC1O[C@H](C(C)(C)C)[C@@H](C(C)(C)C)O1. The first-order valence-corrected chi connectivity index (χ1v) is 5.43. The summed E-state index contributed by atoms with van der Waals surface area (Å²) in [5, 5.41) is 0. The van der Waals surface area contributed by atoms with Crippen molar-refractivity contribution in [3.8, 4) is 0 Å². The molecule has 0 aromatic carbocycles. The average molecular weight is 200 g/mol. The van der Waals surface area contributed by atoms with Crippen LogP contribution in [0, 0.1) is 10.8 Å². The Labute approximate surface area is 88.0 Å². The maximum absolute atomic E-state index is 5.84. The zero-order chi connectivity index (χ0) is 11.1. The van der Waals surface area contributed by atoms with Gasteiger partial charge in [-0.05, 0) is 17.8 Å². The number of hydrogen-bond donors (Lipinski definition) is 0. The van der Waals surface area contributed by atoms with Crippen molar-refractivity contribution in [2.75, 3.05) is 0 Å². The molecule has 0 spiro atoms. The van der Waals surface area contributed by atoms with Crippen LogP contribution in [0.25, 0.3) is 0 Å². The van der Waals surface area contributed by atoms with Crippen molar-refractivity contribution in [2.24, 2.45) is 10.8 Å². The summed E-state index contributed by atoms with van der Waals surface area (Å²) < 4.78 is 11.7. The minimum atomic E-state index is -0.0662. The molecule has 0 aliphatic carbocycles. The first-order valence-electron chi connectivity index (χ1n) is 5.43. The smallest absolute Gasteiger partial charge is 0.155 e. The third-order valence-electron chi connectivity index (χ3n) is 2.66. The van der Waals surface area contributed by atoms with Crippen LogP contribution in [0.1, 0.15) is 48.5 Å². The van der Waals surface area contributed by atoms with Crippen molar-refractivity contribution in [2.45, 2.75) is 67.0 Å². The molecule has 0 bridgehead atoms. The molecule has 1 aliphatic rings. The van der Waals surface area contributed by atoms with Crippen LogP contribution < -0.4 is 0 Å². The summed E-state index contributed by atoms with van der Waals surface area (Å²) in [5.74, 6) is 0. The second-order valence-electron chi connectivity index (χ2n) is 6.41. The second-order valence-corrected chi connectivity index (χ2v) is 6.41. The van der Waals surface area contributed by atoms with Crippen molar-refractivity contribution in [3.63, 3.8) is 0 Å². The van der Waals surface area contributed by atoms with E-state index in [0.717, 1.165) is 0 Å². The third kappa shape index (κ3) is 2.48. The largest absolute Gasteiger partial charge is 0.346 e. The fourth-order valence-corrected chi connectivity index (χ4v) is 1.90. The van der Waals surface area contributed by atoms with Crippen LogP contribution in [0.15, 0.2) is 0 Å². The molecule has 0 aromatic rings. The summed E-state index contributed by atoms with van der Waals surface area (Å²) in [4.78, 5) is 0. The molecule has 1 heterocycles. The quantitative estimate of drug-likeness (QED) is 0.598. The highest BCUT2D eigenvalue weighted by atomic mass is 16.7. The lowest BCUT2D eigenvalue weighted by atomic mass is 9.76. The molecule has 0 N–H and O–H groups in total. The average Bonchev–Trinajstić information content (AvgIpc) is 2.27. The molecule has 0 radical (unpaired) electrons. The van der Waals surface area contributed by atoms with Gasteiger partial charge >= 0.3 is 0 Å². The Morgan fingerprint density at radius 3 is 1.21 bits per heavy atom. The van der Waals surface area contributed by atoms with E-state index >= 15 is 0 Å². The van der Waals surface area contributed by atoms with Gasteiger partial charge in [0, 0.05) is 0 Å². The number of rotatable bonds is 0. The Balaban J connectivity index is 2.84. The molecule has 14 heavy (non-hydrogen) atoms. The van der Waals surface area contributed by atoms with E-state index in [2.05, 4.69) is 41.5 Å². The molecule has 2 heteroatoms. The fourth-order valence-electron chi connectivity index (χ4n) is 1.90.